The number of amides is 2. The maximum Gasteiger partial charge on any atom is 0.236 e. The van der Waals surface area contributed by atoms with Crippen molar-refractivity contribution in [3.8, 4) is 0 Å². The minimum Gasteiger partial charge on any atom is -0.399 e. The molecule has 1 atom stereocenters. The number of nitrogens with two attached hydrogens (primary N) is 1. The molecule has 2 N–H and O–H groups in total. The predicted octanol–water partition coefficient (Wildman–Crippen LogP) is 2.19. The molecule has 0 aromatic heterocycles. The quantitative estimate of drug-likeness (QED) is 0.669. The van der Waals surface area contributed by atoms with E-state index in [-0.39, 0.29) is 17.7 Å². The van der Waals surface area contributed by atoms with Crippen LogP contribution in [0.2, 0.25) is 0 Å². The van der Waals surface area contributed by atoms with E-state index in [1.807, 2.05) is 32.9 Å². The van der Waals surface area contributed by atoms with Gasteiger partial charge in [-0.3, -0.25) is 14.5 Å². The molecular weight excluding hydrogens is 240 g/mol. The molecule has 0 aliphatic carbocycles. The molecule has 1 heterocycles. The first-order chi connectivity index (χ1) is 8.84. The van der Waals surface area contributed by atoms with Crippen molar-refractivity contribution in [1.29, 1.82) is 0 Å². The molecule has 4 nitrogen and oxygen atoms in total. The van der Waals surface area contributed by atoms with Crippen molar-refractivity contribution in [2.75, 3.05) is 5.73 Å². The highest BCUT2D eigenvalue weighted by Crippen LogP contribution is 2.39. The summed E-state index contributed by atoms with van der Waals surface area (Å²) in [4.78, 5) is 25.9. The first kappa shape index (κ1) is 13.6. The Hall–Kier alpha value is -1.84. The Morgan fingerprint density at radius 1 is 1.26 bits per heavy atom. The lowest BCUT2D eigenvalue weighted by molar-refractivity contribution is -0.142. The number of nitrogen functional groups attached to an aromatic ring is 1. The second-order valence-electron chi connectivity index (χ2n) is 5.78. The lowest BCUT2D eigenvalue weighted by Crippen LogP contribution is -2.36. The predicted molar refractivity (Wildman–Crippen MR) is 74.0 cm³/mol. The van der Waals surface area contributed by atoms with Crippen molar-refractivity contribution < 1.29 is 9.59 Å². The normalized spacial score (nSPS) is 23.5. The molecule has 102 valence electrons. The summed E-state index contributed by atoms with van der Waals surface area (Å²) >= 11 is 0. The summed E-state index contributed by atoms with van der Waals surface area (Å²) < 4.78 is 0. The number of likely N-dealkylation sites (tertiary alicyclic amines) is 1. The SMILES string of the molecule is CC(C)C1(C)CC(=O)N(Cc2ccc(N)cc2)C1=O. The lowest BCUT2D eigenvalue weighted by atomic mass is 9.78. The maximum atomic E-state index is 12.4. The van der Waals surface area contributed by atoms with E-state index in [2.05, 4.69) is 0 Å². The van der Waals surface area contributed by atoms with Crippen LogP contribution in [0.15, 0.2) is 24.3 Å². The van der Waals surface area contributed by atoms with Crippen LogP contribution in [0.4, 0.5) is 5.69 Å². The standard InChI is InChI=1S/C15H20N2O2/c1-10(2)15(3)8-13(18)17(14(15)19)9-11-4-6-12(16)7-5-11/h4-7,10H,8-9,16H2,1-3H3. The first-order valence-electron chi connectivity index (χ1n) is 6.54. The van der Waals surface area contributed by atoms with Crippen molar-refractivity contribution in [3.05, 3.63) is 29.8 Å². The summed E-state index contributed by atoms with van der Waals surface area (Å²) in [6.45, 7) is 6.18. The van der Waals surface area contributed by atoms with Crippen molar-refractivity contribution in [2.45, 2.75) is 33.7 Å². The number of anilines is 1. The number of benzene rings is 1. The highest BCUT2D eigenvalue weighted by Gasteiger charge is 2.49. The van der Waals surface area contributed by atoms with Gasteiger partial charge in [0.15, 0.2) is 0 Å². The fourth-order valence-corrected chi connectivity index (χ4v) is 2.32. The van der Waals surface area contributed by atoms with Gasteiger partial charge in [0, 0.05) is 12.1 Å². The monoisotopic (exact) mass is 260 g/mol. The molecule has 0 radical (unpaired) electrons. The van der Waals surface area contributed by atoms with E-state index in [9.17, 15) is 9.59 Å². The fraction of sp³-hybridized carbons (Fsp3) is 0.467. The Morgan fingerprint density at radius 2 is 1.84 bits per heavy atom. The summed E-state index contributed by atoms with van der Waals surface area (Å²) in [7, 11) is 0. The van der Waals surface area contributed by atoms with Gasteiger partial charge in [-0.15, -0.1) is 0 Å². The van der Waals surface area contributed by atoms with Crippen LogP contribution in [0.25, 0.3) is 0 Å². The van der Waals surface area contributed by atoms with Crippen LogP contribution >= 0.6 is 0 Å². The fourth-order valence-electron chi connectivity index (χ4n) is 2.32. The summed E-state index contributed by atoms with van der Waals surface area (Å²) in [5.74, 6) is 0.00252. The van der Waals surface area contributed by atoms with E-state index in [0.717, 1.165) is 5.56 Å². The number of carbonyl (C=O) groups excluding carboxylic acids is 2. The van der Waals surface area contributed by atoms with Crippen LogP contribution in [-0.4, -0.2) is 16.7 Å². The van der Waals surface area contributed by atoms with E-state index < -0.39 is 5.41 Å². The molecule has 1 unspecified atom stereocenters. The Labute approximate surface area is 113 Å². The van der Waals surface area contributed by atoms with Crippen molar-refractivity contribution in [1.82, 2.24) is 4.90 Å². The van der Waals surface area contributed by atoms with E-state index in [0.29, 0.717) is 18.7 Å². The summed E-state index contributed by atoms with van der Waals surface area (Å²) in [5, 5.41) is 0. The Bertz CT molecular complexity index is 507. The number of imide groups is 1. The van der Waals surface area contributed by atoms with Crippen LogP contribution in [-0.2, 0) is 16.1 Å². The Kier molecular flexibility index (Phi) is 3.35. The van der Waals surface area contributed by atoms with Gasteiger partial charge in [-0.2, -0.15) is 0 Å². The van der Waals surface area contributed by atoms with Crippen LogP contribution in [0.5, 0.6) is 0 Å². The third-order valence-corrected chi connectivity index (χ3v) is 4.15. The van der Waals surface area contributed by atoms with Crippen molar-refractivity contribution >= 4 is 17.5 Å². The average molecular weight is 260 g/mol. The Balaban J connectivity index is 2.20. The van der Waals surface area contributed by atoms with Gasteiger partial charge in [0.2, 0.25) is 11.8 Å². The smallest absolute Gasteiger partial charge is 0.236 e. The highest BCUT2D eigenvalue weighted by molar-refractivity contribution is 6.05. The molecule has 0 spiro atoms. The second-order valence-corrected chi connectivity index (χ2v) is 5.78. The molecule has 4 heteroatoms. The van der Waals surface area contributed by atoms with Gasteiger partial charge in [-0.1, -0.05) is 26.0 Å². The molecular formula is C15H20N2O2. The number of carbonyl (C=O) groups is 2. The molecule has 2 amide bonds. The average Bonchev–Trinajstić information content (AvgIpc) is 2.57. The van der Waals surface area contributed by atoms with E-state index in [4.69, 9.17) is 5.73 Å². The third-order valence-electron chi connectivity index (χ3n) is 4.15. The second kappa shape index (κ2) is 4.68. The van der Waals surface area contributed by atoms with Crippen LogP contribution in [0, 0.1) is 11.3 Å². The lowest BCUT2D eigenvalue weighted by Gasteiger charge is -2.26. The van der Waals surface area contributed by atoms with Crippen LogP contribution < -0.4 is 5.73 Å². The zero-order valence-electron chi connectivity index (χ0n) is 11.6. The molecule has 1 aromatic carbocycles. The Morgan fingerprint density at radius 3 is 2.32 bits per heavy atom. The molecule has 1 aliphatic heterocycles. The molecule has 1 aromatic rings. The minimum atomic E-state index is -0.565. The van der Waals surface area contributed by atoms with Gasteiger partial charge >= 0.3 is 0 Å². The molecule has 1 saturated heterocycles. The number of hydrogen-bond acceptors (Lipinski definition) is 3. The maximum absolute atomic E-state index is 12.4. The summed E-state index contributed by atoms with van der Waals surface area (Å²) in [5.41, 5.74) is 6.66. The molecule has 0 saturated carbocycles. The topological polar surface area (TPSA) is 63.4 Å². The van der Waals surface area contributed by atoms with Crippen LogP contribution in [0.1, 0.15) is 32.8 Å². The zero-order valence-corrected chi connectivity index (χ0v) is 11.6. The largest absolute Gasteiger partial charge is 0.399 e. The minimum absolute atomic E-state index is 0.0654. The molecule has 2 rings (SSSR count). The molecule has 19 heavy (non-hydrogen) atoms. The van der Waals surface area contributed by atoms with Gasteiger partial charge in [0.25, 0.3) is 0 Å². The third kappa shape index (κ3) is 2.35. The molecule has 1 fully saturated rings. The first-order valence-corrected chi connectivity index (χ1v) is 6.54. The number of rotatable bonds is 3. The van der Waals surface area contributed by atoms with Crippen molar-refractivity contribution in [3.63, 3.8) is 0 Å². The zero-order chi connectivity index (χ0) is 14.2. The summed E-state index contributed by atoms with van der Waals surface area (Å²) in [6.07, 6.45) is 0.304. The molecule has 0 bridgehead atoms. The van der Waals surface area contributed by atoms with Gasteiger partial charge in [0.05, 0.1) is 12.0 Å². The number of nitrogens with zero attached hydrogens (tertiary/aromatic N) is 1. The van der Waals surface area contributed by atoms with Gasteiger partial charge in [-0.05, 0) is 30.5 Å². The summed E-state index contributed by atoms with van der Waals surface area (Å²) in [6, 6.07) is 7.26. The highest BCUT2D eigenvalue weighted by atomic mass is 16.2. The number of hydrogen-bond donors (Lipinski definition) is 1. The van der Waals surface area contributed by atoms with Gasteiger partial charge < -0.3 is 5.73 Å². The van der Waals surface area contributed by atoms with E-state index >= 15 is 0 Å². The van der Waals surface area contributed by atoms with Crippen molar-refractivity contribution in [2.24, 2.45) is 11.3 Å². The van der Waals surface area contributed by atoms with Crippen LogP contribution in [0.3, 0.4) is 0 Å². The van der Waals surface area contributed by atoms with Gasteiger partial charge in [0.1, 0.15) is 0 Å². The molecule has 1 aliphatic rings. The van der Waals surface area contributed by atoms with Gasteiger partial charge in [-0.25, -0.2) is 0 Å². The van der Waals surface area contributed by atoms with E-state index in [1.54, 1.807) is 12.1 Å². The van der Waals surface area contributed by atoms with E-state index in [1.165, 1.54) is 4.90 Å².